The van der Waals surface area contributed by atoms with Crippen LogP contribution in [0.15, 0.2) is 23.8 Å². The quantitative estimate of drug-likeness (QED) is 0.512. The van der Waals surface area contributed by atoms with Crippen molar-refractivity contribution < 1.29 is 9.47 Å². The van der Waals surface area contributed by atoms with Crippen molar-refractivity contribution in [2.45, 2.75) is 32.2 Å². The number of ether oxygens (including phenoxy) is 2. The summed E-state index contributed by atoms with van der Waals surface area (Å²) in [4.78, 5) is 0. The number of hydrogen-bond donors (Lipinski definition) is 0. The molecular formula is C10H14O2. The van der Waals surface area contributed by atoms with Gasteiger partial charge in [-0.2, -0.15) is 0 Å². The van der Waals surface area contributed by atoms with Crippen molar-refractivity contribution in [2.75, 3.05) is 6.61 Å². The average molecular weight is 166 g/mol. The standard InChI is InChI=1S/C10H14O2/c1-8-4-7-11-10(8)6-5-9(2,3)12-10/h4-6H,7H2,1-3H3/t10-/m0/s1. The minimum atomic E-state index is -0.538. The summed E-state index contributed by atoms with van der Waals surface area (Å²) in [7, 11) is 0. The summed E-state index contributed by atoms with van der Waals surface area (Å²) in [6.07, 6.45) is 6.12. The molecule has 1 spiro atoms. The fraction of sp³-hybridized carbons (Fsp3) is 0.600. The molecule has 2 nitrogen and oxygen atoms in total. The molecule has 2 heterocycles. The lowest BCUT2D eigenvalue weighted by Crippen LogP contribution is -2.34. The summed E-state index contributed by atoms with van der Waals surface area (Å²) < 4.78 is 11.4. The van der Waals surface area contributed by atoms with Crippen LogP contribution >= 0.6 is 0 Å². The van der Waals surface area contributed by atoms with Crippen molar-refractivity contribution in [1.29, 1.82) is 0 Å². The van der Waals surface area contributed by atoms with E-state index in [4.69, 9.17) is 9.47 Å². The van der Waals surface area contributed by atoms with E-state index in [1.807, 2.05) is 26.8 Å². The largest absolute Gasteiger partial charge is 0.339 e. The lowest BCUT2D eigenvalue weighted by Gasteiger charge is -2.28. The molecule has 0 saturated carbocycles. The summed E-state index contributed by atoms with van der Waals surface area (Å²) in [5.41, 5.74) is 0.962. The van der Waals surface area contributed by atoms with Crippen molar-refractivity contribution >= 4 is 0 Å². The molecule has 2 heteroatoms. The minimum absolute atomic E-state index is 0.195. The molecular weight excluding hydrogens is 152 g/mol. The van der Waals surface area contributed by atoms with Crippen molar-refractivity contribution in [3.05, 3.63) is 23.8 Å². The molecule has 66 valence electrons. The van der Waals surface area contributed by atoms with E-state index in [2.05, 4.69) is 12.2 Å². The van der Waals surface area contributed by atoms with Crippen LogP contribution in [0.3, 0.4) is 0 Å². The zero-order chi connectivity index (χ0) is 8.82. The summed E-state index contributed by atoms with van der Waals surface area (Å²) >= 11 is 0. The second-order valence-corrected chi connectivity index (χ2v) is 3.90. The van der Waals surface area contributed by atoms with Crippen LogP contribution in [-0.4, -0.2) is 18.0 Å². The maximum atomic E-state index is 5.81. The first kappa shape index (κ1) is 8.02. The summed E-state index contributed by atoms with van der Waals surface area (Å²) in [5.74, 6) is -0.538. The molecule has 0 aromatic carbocycles. The molecule has 2 rings (SSSR count). The topological polar surface area (TPSA) is 18.5 Å². The van der Waals surface area contributed by atoms with Gasteiger partial charge >= 0.3 is 0 Å². The molecule has 1 atom stereocenters. The lowest BCUT2D eigenvalue weighted by molar-refractivity contribution is -0.189. The van der Waals surface area contributed by atoms with Gasteiger partial charge in [-0.3, -0.25) is 0 Å². The first-order valence-electron chi connectivity index (χ1n) is 4.26. The fourth-order valence-corrected chi connectivity index (χ4v) is 1.61. The Kier molecular flexibility index (Phi) is 1.48. The van der Waals surface area contributed by atoms with Crippen LogP contribution in [0.2, 0.25) is 0 Å². The zero-order valence-electron chi connectivity index (χ0n) is 7.76. The van der Waals surface area contributed by atoms with Crippen LogP contribution in [0.25, 0.3) is 0 Å². The van der Waals surface area contributed by atoms with E-state index in [9.17, 15) is 0 Å². The van der Waals surface area contributed by atoms with Gasteiger partial charge < -0.3 is 9.47 Å². The highest BCUT2D eigenvalue weighted by Gasteiger charge is 2.43. The van der Waals surface area contributed by atoms with Crippen LogP contribution < -0.4 is 0 Å². The molecule has 0 fully saturated rings. The summed E-state index contributed by atoms with van der Waals surface area (Å²) in [6, 6.07) is 0. The van der Waals surface area contributed by atoms with Crippen LogP contribution in [0, 0.1) is 0 Å². The minimum Gasteiger partial charge on any atom is -0.339 e. The average Bonchev–Trinajstić information content (AvgIpc) is 2.43. The molecule has 12 heavy (non-hydrogen) atoms. The fourth-order valence-electron chi connectivity index (χ4n) is 1.61. The van der Waals surface area contributed by atoms with E-state index in [1.54, 1.807) is 0 Å². The van der Waals surface area contributed by atoms with Crippen molar-refractivity contribution in [2.24, 2.45) is 0 Å². The Morgan fingerprint density at radius 3 is 2.50 bits per heavy atom. The molecule has 0 radical (unpaired) electrons. The van der Waals surface area contributed by atoms with Gasteiger partial charge in [-0.25, -0.2) is 0 Å². The second-order valence-electron chi connectivity index (χ2n) is 3.90. The lowest BCUT2D eigenvalue weighted by atomic mass is 10.1. The predicted octanol–water partition coefficient (Wildman–Crippen LogP) is 2.02. The van der Waals surface area contributed by atoms with Crippen LogP contribution in [0.1, 0.15) is 20.8 Å². The van der Waals surface area contributed by atoms with Crippen LogP contribution in [0.4, 0.5) is 0 Å². The maximum Gasteiger partial charge on any atom is 0.211 e. The van der Waals surface area contributed by atoms with Gasteiger partial charge in [0.15, 0.2) is 0 Å². The van der Waals surface area contributed by atoms with Gasteiger partial charge in [0.05, 0.1) is 12.2 Å². The molecule has 0 amide bonds. The Bertz CT molecular complexity index is 263. The van der Waals surface area contributed by atoms with E-state index < -0.39 is 5.79 Å². The van der Waals surface area contributed by atoms with Gasteiger partial charge in [-0.15, -0.1) is 0 Å². The van der Waals surface area contributed by atoms with Crippen molar-refractivity contribution in [1.82, 2.24) is 0 Å². The first-order chi connectivity index (χ1) is 5.54. The van der Waals surface area contributed by atoms with Gasteiger partial charge in [-0.05, 0) is 32.4 Å². The Morgan fingerprint density at radius 2 is 2.08 bits per heavy atom. The normalized spacial score (nSPS) is 37.8. The van der Waals surface area contributed by atoms with E-state index in [1.165, 1.54) is 0 Å². The third-order valence-corrected chi connectivity index (χ3v) is 2.36. The Balaban J connectivity index is 2.28. The summed E-state index contributed by atoms with van der Waals surface area (Å²) in [6.45, 7) is 6.77. The van der Waals surface area contributed by atoms with Crippen molar-refractivity contribution in [3.63, 3.8) is 0 Å². The van der Waals surface area contributed by atoms with Crippen LogP contribution in [-0.2, 0) is 9.47 Å². The van der Waals surface area contributed by atoms with E-state index in [-0.39, 0.29) is 5.60 Å². The van der Waals surface area contributed by atoms with E-state index >= 15 is 0 Å². The Morgan fingerprint density at radius 1 is 1.33 bits per heavy atom. The molecule has 2 aliphatic heterocycles. The Labute approximate surface area is 72.9 Å². The van der Waals surface area contributed by atoms with E-state index in [0.29, 0.717) is 6.61 Å². The molecule has 0 aromatic heterocycles. The smallest absolute Gasteiger partial charge is 0.211 e. The second kappa shape index (κ2) is 2.21. The monoisotopic (exact) mass is 166 g/mol. The first-order valence-corrected chi connectivity index (χ1v) is 4.26. The highest BCUT2D eigenvalue weighted by molar-refractivity contribution is 5.29. The predicted molar refractivity (Wildman–Crippen MR) is 46.7 cm³/mol. The van der Waals surface area contributed by atoms with Gasteiger partial charge in [0.1, 0.15) is 0 Å². The van der Waals surface area contributed by atoms with Gasteiger partial charge in [0.2, 0.25) is 5.79 Å². The molecule has 0 aliphatic carbocycles. The van der Waals surface area contributed by atoms with Gasteiger partial charge in [0, 0.05) is 0 Å². The highest BCUT2D eigenvalue weighted by atomic mass is 16.7. The molecule has 0 aromatic rings. The molecule has 0 bridgehead atoms. The number of rotatable bonds is 0. The zero-order valence-corrected chi connectivity index (χ0v) is 7.76. The third-order valence-electron chi connectivity index (χ3n) is 2.36. The third kappa shape index (κ3) is 1.03. The van der Waals surface area contributed by atoms with Crippen LogP contribution in [0.5, 0.6) is 0 Å². The van der Waals surface area contributed by atoms with Crippen molar-refractivity contribution in [3.8, 4) is 0 Å². The molecule has 0 N–H and O–H groups in total. The van der Waals surface area contributed by atoms with Gasteiger partial charge in [-0.1, -0.05) is 12.2 Å². The van der Waals surface area contributed by atoms with E-state index in [0.717, 1.165) is 5.57 Å². The summed E-state index contributed by atoms with van der Waals surface area (Å²) in [5, 5.41) is 0. The SMILES string of the molecule is CC1=CCO[C@]12C=CC(C)(C)O2. The van der Waals surface area contributed by atoms with Gasteiger partial charge in [0.25, 0.3) is 0 Å². The highest BCUT2D eigenvalue weighted by Crippen LogP contribution is 2.39. The number of hydrogen-bond acceptors (Lipinski definition) is 2. The maximum absolute atomic E-state index is 5.81. The molecule has 0 unspecified atom stereocenters. The molecule has 2 aliphatic rings. The Hall–Kier alpha value is -0.600. The molecule has 0 saturated heterocycles.